The molecule has 1 saturated carbocycles. The molecular formula is C20H25N3O3. The molecule has 0 saturated heterocycles. The Morgan fingerprint density at radius 3 is 2.46 bits per heavy atom. The smallest absolute Gasteiger partial charge is 0.404 e. The summed E-state index contributed by atoms with van der Waals surface area (Å²) >= 11 is 0. The lowest BCUT2D eigenvalue weighted by atomic mass is 9.91. The Bertz CT molecular complexity index is 728. The number of pyridine rings is 1. The van der Waals surface area contributed by atoms with Gasteiger partial charge in [-0.1, -0.05) is 6.07 Å². The second kappa shape index (κ2) is 8.67. The minimum Gasteiger partial charge on any atom is -0.496 e. The minimum absolute atomic E-state index is 0.0788. The molecule has 1 fully saturated rings. The first-order valence-electron chi connectivity index (χ1n) is 8.96. The van der Waals surface area contributed by atoms with Gasteiger partial charge in [-0.15, -0.1) is 0 Å². The zero-order chi connectivity index (χ0) is 18.4. The molecule has 1 aromatic carbocycles. The Hall–Kier alpha value is -2.60. The van der Waals surface area contributed by atoms with Crippen molar-refractivity contribution < 1.29 is 14.6 Å². The lowest BCUT2D eigenvalue weighted by Gasteiger charge is -2.29. The number of carbonyl (C=O) groups is 1. The van der Waals surface area contributed by atoms with E-state index in [4.69, 9.17) is 9.84 Å². The Morgan fingerprint density at radius 2 is 1.81 bits per heavy atom. The van der Waals surface area contributed by atoms with E-state index in [0.717, 1.165) is 54.7 Å². The van der Waals surface area contributed by atoms with Crippen molar-refractivity contribution in [3.63, 3.8) is 0 Å². The van der Waals surface area contributed by atoms with E-state index in [1.165, 1.54) is 0 Å². The fraction of sp³-hybridized carbons (Fsp3) is 0.400. The first-order valence-corrected chi connectivity index (χ1v) is 8.96. The van der Waals surface area contributed by atoms with Crippen LogP contribution in [0.15, 0.2) is 42.7 Å². The molecule has 138 valence electrons. The van der Waals surface area contributed by atoms with E-state index >= 15 is 0 Å². The highest BCUT2D eigenvalue weighted by molar-refractivity contribution is 5.65. The van der Waals surface area contributed by atoms with Crippen molar-refractivity contribution in [2.45, 2.75) is 44.3 Å². The van der Waals surface area contributed by atoms with E-state index in [0.29, 0.717) is 6.04 Å². The number of hydrogen-bond acceptors (Lipinski definition) is 4. The molecule has 1 amide bonds. The highest BCUT2D eigenvalue weighted by Crippen LogP contribution is 2.27. The number of rotatable bonds is 6. The zero-order valence-electron chi connectivity index (χ0n) is 14.9. The maximum absolute atomic E-state index is 10.7. The molecule has 0 radical (unpaired) electrons. The number of ether oxygens (including phenoxy) is 1. The van der Waals surface area contributed by atoms with Crippen molar-refractivity contribution in [1.29, 1.82) is 0 Å². The molecule has 0 atom stereocenters. The second-order valence-electron chi connectivity index (χ2n) is 6.64. The number of aromatic nitrogens is 1. The molecule has 3 N–H and O–H groups in total. The van der Waals surface area contributed by atoms with Gasteiger partial charge >= 0.3 is 6.09 Å². The van der Waals surface area contributed by atoms with E-state index < -0.39 is 6.09 Å². The Labute approximate surface area is 153 Å². The van der Waals surface area contributed by atoms with Crippen molar-refractivity contribution in [2.75, 3.05) is 7.11 Å². The van der Waals surface area contributed by atoms with Crippen molar-refractivity contribution in [2.24, 2.45) is 0 Å². The topological polar surface area (TPSA) is 83.5 Å². The van der Waals surface area contributed by atoms with Gasteiger partial charge in [0.05, 0.1) is 7.11 Å². The molecule has 1 heterocycles. The fourth-order valence-electron chi connectivity index (χ4n) is 3.51. The van der Waals surface area contributed by atoms with Crippen LogP contribution in [0.3, 0.4) is 0 Å². The van der Waals surface area contributed by atoms with Crippen LogP contribution in [-0.4, -0.2) is 35.4 Å². The molecule has 26 heavy (non-hydrogen) atoms. The summed E-state index contributed by atoms with van der Waals surface area (Å²) in [5.74, 6) is 0.872. The van der Waals surface area contributed by atoms with Crippen LogP contribution < -0.4 is 15.4 Å². The molecule has 6 nitrogen and oxygen atoms in total. The van der Waals surface area contributed by atoms with Gasteiger partial charge in [0.1, 0.15) is 5.75 Å². The molecular weight excluding hydrogens is 330 g/mol. The lowest BCUT2D eigenvalue weighted by molar-refractivity contribution is 0.183. The van der Waals surface area contributed by atoms with Crippen molar-refractivity contribution >= 4 is 6.09 Å². The maximum Gasteiger partial charge on any atom is 0.404 e. The summed E-state index contributed by atoms with van der Waals surface area (Å²) in [6.45, 7) is 0.726. The van der Waals surface area contributed by atoms with Gasteiger partial charge in [0.25, 0.3) is 0 Å². The number of amides is 1. The van der Waals surface area contributed by atoms with Gasteiger partial charge in [-0.3, -0.25) is 4.98 Å². The minimum atomic E-state index is -0.931. The van der Waals surface area contributed by atoms with Crippen LogP contribution in [0.5, 0.6) is 5.75 Å². The van der Waals surface area contributed by atoms with Gasteiger partial charge in [-0.05, 0) is 61.1 Å². The predicted octanol–water partition coefficient (Wildman–Crippen LogP) is 3.43. The SMILES string of the molecule is COc1ccc(-c2ccncc2)cc1CNC1CCC(NC(=O)O)CC1. The summed E-state index contributed by atoms with van der Waals surface area (Å²) in [5, 5.41) is 15.0. The van der Waals surface area contributed by atoms with Gasteiger partial charge in [0, 0.05) is 36.6 Å². The first kappa shape index (κ1) is 18.2. The first-order chi connectivity index (χ1) is 12.7. The fourth-order valence-corrected chi connectivity index (χ4v) is 3.51. The van der Waals surface area contributed by atoms with E-state index in [1.807, 2.05) is 18.2 Å². The van der Waals surface area contributed by atoms with Gasteiger partial charge in [-0.2, -0.15) is 0 Å². The van der Waals surface area contributed by atoms with Crippen LogP contribution in [0.4, 0.5) is 4.79 Å². The number of carboxylic acid groups (broad SMARTS) is 1. The standard InChI is InChI=1S/C20H25N3O3/c1-26-19-7-2-15(14-8-10-21-11-9-14)12-16(19)13-22-17-3-5-18(6-4-17)23-20(24)25/h2,7-12,17-18,22-23H,3-6,13H2,1H3,(H,24,25). The van der Waals surface area contributed by atoms with Crippen molar-refractivity contribution in [3.8, 4) is 16.9 Å². The van der Waals surface area contributed by atoms with Crippen molar-refractivity contribution in [1.82, 2.24) is 15.6 Å². The number of benzene rings is 1. The monoisotopic (exact) mass is 355 g/mol. The van der Waals surface area contributed by atoms with E-state index in [9.17, 15) is 4.79 Å². The van der Waals surface area contributed by atoms with Crippen LogP contribution >= 0.6 is 0 Å². The molecule has 6 heteroatoms. The van der Waals surface area contributed by atoms with Crippen molar-refractivity contribution in [3.05, 3.63) is 48.3 Å². The largest absolute Gasteiger partial charge is 0.496 e. The molecule has 0 bridgehead atoms. The third-order valence-corrected chi connectivity index (χ3v) is 4.93. The number of methoxy groups -OCH3 is 1. The summed E-state index contributed by atoms with van der Waals surface area (Å²) in [7, 11) is 1.69. The van der Waals surface area contributed by atoms with E-state index in [-0.39, 0.29) is 6.04 Å². The second-order valence-corrected chi connectivity index (χ2v) is 6.64. The average molecular weight is 355 g/mol. The zero-order valence-corrected chi connectivity index (χ0v) is 14.9. The summed E-state index contributed by atoms with van der Waals surface area (Å²) in [4.78, 5) is 14.8. The van der Waals surface area contributed by atoms with Gasteiger partial charge in [-0.25, -0.2) is 4.79 Å². The number of nitrogens with zero attached hydrogens (tertiary/aromatic N) is 1. The summed E-state index contributed by atoms with van der Waals surface area (Å²) in [5.41, 5.74) is 3.39. The molecule has 0 unspecified atom stereocenters. The number of hydrogen-bond donors (Lipinski definition) is 3. The molecule has 3 rings (SSSR count). The van der Waals surface area contributed by atoms with Gasteiger partial charge in [0.2, 0.25) is 0 Å². The Balaban J connectivity index is 1.61. The highest BCUT2D eigenvalue weighted by Gasteiger charge is 2.22. The Morgan fingerprint density at radius 1 is 1.12 bits per heavy atom. The van der Waals surface area contributed by atoms with E-state index in [1.54, 1.807) is 19.5 Å². The molecule has 1 aromatic heterocycles. The quantitative estimate of drug-likeness (QED) is 0.739. The average Bonchev–Trinajstić information content (AvgIpc) is 2.67. The predicted molar refractivity (Wildman–Crippen MR) is 100 cm³/mol. The Kier molecular flexibility index (Phi) is 6.07. The van der Waals surface area contributed by atoms with Crippen LogP contribution in [0, 0.1) is 0 Å². The van der Waals surface area contributed by atoms with Crippen LogP contribution in [0.1, 0.15) is 31.2 Å². The molecule has 0 spiro atoms. The summed E-state index contributed by atoms with van der Waals surface area (Å²) in [6.07, 6.45) is 6.34. The third-order valence-electron chi connectivity index (χ3n) is 4.93. The van der Waals surface area contributed by atoms with Crippen LogP contribution in [0.25, 0.3) is 11.1 Å². The highest BCUT2D eigenvalue weighted by atomic mass is 16.5. The molecule has 0 aliphatic heterocycles. The van der Waals surface area contributed by atoms with Crippen LogP contribution in [0.2, 0.25) is 0 Å². The molecule has 2 aromatic rings. The summed E-state index contributed by atoms with van der Waals surface area (Å²) in [6, 6.07) is 10.7. The third kappa shape index (κ3) is 4.73. The summed E-state index contributed by atoms with van der Waals surface area (Å²) < 4.78 is 5.51. The normalized spacial score (nSPS) is 19.7. The lowest BCUT2D eigenvalue weighted by Crippen LogP contribution is -2.41. The van der Waals surface area contributed by atoms with Gasteiger partial charge in [0.15, 0.2) is 0 Å². The molecule has 1 aliphatic carbocycles. The van der Waals surface area contributed by atoms with Gasteiger partial charge < -0.3 is 20.5 Å². The van der Waals surface area contributed by atoms with E-state index in [2.05, 4.69) is 27.8 Å². The number of nitrogens with one attached hydrogen (secondary N) is 2. The molecule has 1 aliphatic rings. The maximum atomic E-state index is 10.7. The van der Waals surface area contributed by atoms with Crippen LogP contribution in [-0.2, 0) is 6.54 Å².